The third-order valence-electron chi connectivity index (χ3n) is 4.66. The molecule has 25 heavy (non-hydrogen) atoms. The molecule has 2 aromatic rings. The largest absolute Gasteiger partial charge is 0.489 e. The van der Waals surface area contributed by atoms with Crippen molar-refractivity contribution in [1.82, 2.24) is 4.90 Å². The molecule has 1 N–H and O–H groups in total. The molecule has 1 saturated heterocycles. The van der Waals surface area contributed by atoms with Gasteiger partial charge in [-0.3, -0.25) is 4.79 Å². The molecule has 0 saturated carbocycles. The van der Waals surface area contributed by atoms with Crippen molar-refractivity contribution in [2.75, 3.05) is 6.54 Å². The van der Waals surface area contributed by atoms with Gasteiger partial charge in [0.1, 0.15) is 12.4 Å². The zero-order valence-electron chi connectivity index (χ0n) is 14.8. The predicted octanol–water partition coefficient (Wildman–Crippen LogP) is 3.64. The van der Waals surface area contributed by atoms with E-state index in [4.69, 9.17) is 4.74 Å². The molecule has 1 amide bonds. The van der Waals surface area contributed by atoms with Crippen LogP contribution in [0.2, 0.25) is 0 Å². The van der Waals surface area contributed by atoms with Gasteiger partial charge >= 0.3 is 0 Å². The number of likely N-dealkylation sites (tertiary alicyclic amines) is 1. The molecule has 1 heterocycles. The van der Waals surface area contributed by atoms with E-state index in [1.165, 1.54) is 0 Å². The minimum absolute atomic E-state index is 0.0465. The number of aliphatic hydroxyl groups is 1. The SMILES string of the molecule is CC(C)(O)C1CCCN1C(=O)c1cccc(OCc2ccccc2)c1. The molecule has 1 aliphatic rings. The van der Waals surface area contributed by atoms with Crippen molar-refractivity contribution in [3.8, 4) is 5.75 Å². The van der Waals surface area contributed by atoms with Crippen molar-refractivity contribution < 1.29 is 14.6 Å². The molecule has 1 fully saturated rings. The van der Waals surface area contributed by atoms with Crippen molar-refractivity contribution in [2.45, 2.75) is 44.9 Å². The van der Waals surface area contributed by atoms with Crippen LogP contribution in [0.1, 0.15) is 42.6 Å². The van der Waals surface area contributed by atoms with Gasteiger partial charge in [-0.05, 0) is 50.5 Å². The van der Waals surface area contributed by atoms with E-state index in [0.29, 0.717) is 24.5 Å². The zero-order chi connectivity index (χ0) is 17.9. The number of benzene rings is 2. The third kappa shape index (κ3) is 4.20. The highest BCUT2D eigenvalue weighted by atomic mass is 16.5. The lowest BCUT2D eigenvalue weighted by atomic mass is 9.96. The number of carbonyl (C=O) groups is 1. The van der Waals surface area contributed by atoms with Gasteiger partial charge in [0.05, 0.1) is 11.6 Å². The van der Waals surface area contributed by atoms with Crippen molar-refractivity contribution in [3.63, 3.8) is 0 Å². The van der Waals surface area contributed by atoms with Crippen molar-refractivity contribution in [1.29, 1.82) is 0 Å². The van der Waals surface area contributed by atoms with E-state index in [-0.39, 0.29) is 11.9 Å². The maximum Gasteiger partial charge on any atom is 0.254 e. The first-order valence-electron chi connectivity index (χ1n) is 8.75. The molecule has 3 rings (SSSR count). The van der Waals surface area contributed by atoms with Gasteiger partial charge in [-0.15, -0.1) is 0 Å². The van der Waals surface area contributed by atoms with Crippen LogP contribution in [0.25, 0.3) is 0 Å². The molecular formula is C21H25NO3. The summed E-state index contributed by atoms with van der Waals surface area (Å²) in [5.74, 6) is 0.628. The first-order valence-corrected chi connectivity index (χ1v) is 8.75. The summed E-state index contributed by atoms with van der Waals surface area (Å²) in [6, 6.07) is 17.1. The molecule has 4 heteroatoms. The molecular weight excluding hydrogens is 314 g/mol. The molecule has 0 bridgehead atoms. The van der Waals surface area contributed by atoms with Crippen LogP contribution in [-0.4, -0.2) is 34.1 Å². The summed E-state index contributed by atoms with van der Waals surface area (Å²) in [6.07, 6.45) is 1.75. The van der Waals surface area contributed by atoms with E-state index < -0.39 is 5.60 Å². The van der Waals surface area contributed by atoms with E-state index in [1.807, 2.05) is 42.5 Å². The topological polar surface area (TPSA) is 49.8 Å². The van der Waals surface area contributed by atoms with Gasteiger partial charge in [0, 0.05) is 12.1 Å². The van der Waals surface area contributed by atoms with E-state index in [1.54, 1.807) is 30.9 Å². The van der Waals surface area contributed by atoms with Gasteiger partial charge in [0.25, 0.3) is 5.91 Å². The molecule has 2 aromatic carbocycles. The van der Waals surface area contributed by atoms with Crippen LogP contribution in [0.15, 0.2) is 54.6 Å². The molecule has 4 nitrogen and oxygen atoms in total. The molecule has 0 spiro atoms. The Morgan fingerprint density at radius 1 is 1.20 bits per heavy atom. The summed E-state index contributed by atoms with van der Waals surface area (Å²) in [4.78, 5) is 14.7. The zero-order valence-corrected chi connectivity index (χ0v) is 14.8. The van der Waals surface area contributed by atoms with Crippen LogP contribution >= 0.6 is 0 Å². The summed E-state index contributed by atoms with van der Waals surface area (Å²) in [7, 11) is 0. The first-order chi connectivity index (χ1) is 11.9. The Kier molecular flexibility index (Phi) is 5.09. The normalized spacial score (nSPS) is 17.6. The van der Waals surface area contributed by atoms with E-state index in [2.05, 4.69) is 0 Å². The smallest absolute Gasteiger partial charge is 0.254 e. The summed E-state index contributed by atoms with van der Waals surface area (Å²) < 4.78 is 5.82. The number of hydrogen-bond donors (Lipinski definition) is 1. The van der Waals surface area contributed by atoms with Crippen LogP contribution in [0.3, 0.4) is 0 Å². The second-order valence-corrected chi connectivity index (χ2v) is 7.11. The highest BCUT2D eigenvalue weighted by Crippen LogP contribution is 2.29. The molecule has 0 radical (unpaired) electrons. The molecule has 1 unspecified atom stereocenters. The van der Waals surface area contributed by atoms with Crippen LogP contribution in [0.4, 0.5) is 0 Å². The fourth-order valence-corrected chi connectivity index (χ4v) is 3.37. The molecule has 1 atom stereocenters. The number of ether oxygens (including phenoxy) is 1. The summed E-state index contributed by atoms with van der Waals surface area (Å²) in [5.41, 5.74) is 0.788. The van der Waals surface area contributed by atoms with Crippen molar-refractivity contribution in [2.24, 2.45) is 0 Å². The summed E-state index contributed by atoms with van der Waals surface area (Å²) >= 11 is 0. The van der Waals surface area contributed by atoms with Crippen molar-refractivity contribution >= 4 is 5.91 Å². The summed E-state index contributed by atoms with van der Waals surface area (Å²) in [6.45, 7) is 4.68. The van der Waals surface area contributed by atoms with Crippen LogP contribution in [0, 0.1) is 0 Å². The number of hydrogen-bond acceptors (Lipinski definition) is 3. The molecule has 1 aliphatic heterocycles. The Balaban J connectivity index is 1.71. The maximum absolute atomic E-state index is 12.9. The highest BCUT2D eigenvalue weighted by Gasteiger charge is 2.38. The fraction of sp³-hybridized carbons (Fsp3) is 0.381. The number of rotatable bonds is 5. The van der Waals surface area contributed by atoms with Gasteiger partial charge in [0.2, 0.25) is 0 Å². The van der Waals surface area contributed by atoms with Gasteiger partial charge in [-0.25, -0.2) is 0 Å². The van der Waals surface area contributed by atoms with Crippen molar-refractivity contribution in [3.05, 3.63) is 65.7 Å². The standard InChI is InChI=1S/C21H25NO3/c1-21(2,24)19-12-7-13-22(19)20(23)17-10-6-11-18(14-17)25-15-16-8-4-3-5-9-16/h3-6,8-11,14,19,24H,7,12-13,15H2,1-2H3. The minimum Gasteiger partial charge on any atom is -0.489 e. The fourth-order valence-electron chi connectivity index (χ4n) is 3.37. The summed E-state index contributed by atoms with van der Waals surface area (Å²) in [5, 5.41) is 10.3. The Morgan fingerprint density at radius 2 is 1.96 bits per heavy atom. The number of nitrogens with zero attached hydrogens (tertiary/aromatic N) is 1. The van der Waals surface area contributed by atoms with Crippen LogP contribution in [-0.2, 0) is 6.61 Å². The molecule has 0 aromatic heterocycles. The number of amides is 1. The molecule has 0 aliphatic carbocycles. The quantitative estimate of drug-likeness (QED) is 0.905. The first kappa shape index (κ1) is 17.5. The van der Waals surface area contributed by atoms with E-state index in [9.17, 15) is 9.90 Å². The Bertz CT molecular complexity index is 721. The van der Waals surface area contributed by atoms with E-state index >= 15 is 0 Å². The highest BCUT2D eigenvalue weighted by molar-refractivity contribution is 5.95. The minimum atomic E-state index is -0.895. The van der Waals surface area contributed by atoms with Gasteiger partial charge in [-0.1, -0.05) is 36.4 Å². The van der Waals surface area contributed by atoms with Crippen LogP contribution in [0.5, 0.6) is 5.75 Å². The van der Waals surface area contributed by atoms with Gasteiger partial charge < -0.3 is 14.7 Å². The second kappa shape index (κ2) is 7.28. The lowest BCUT2D eigenvalue weighted by molar-refractivity contribution is 0.000326. The van der Waals surface area contributed by atoms with Crippen LogP contribution < -0.4 is 4.74 Å². The third-order valence-corrected chi connectivity index (χ3v) is 4.66. The maximum atomic E-state index is 12.9. The lowest BCUT2D eigenvalue weighted by Crippen LogP contribution is -2.48. The van der Waals surface area contributed by atoms with Gasteiger partial charge in [-0.2, -0.15) is 0 Å². The second-order valence-electron chi connectivity index (χ2n) is 7.11. The monoisotopic (exact) mass is 339 g/mol. The van der Waals surface area contributed by atoms with Gasteiger partial charge in [0.15, 0.2) is 0 Å². The Hall–Kier alpha value is -2.33. The predicted molar refractivity (Wildman–Crippen MR) is 97.6 cm³/mol. The average Bonchev–Trinajstić information content (AvgIpc) is 3.11. The lowest BCUT2D eigenvalue weighted by Gasteiger charge is -2.33. The number of carbonyl (C=O) groups excluding carboxylic acids is 1. The molecule has 132 valence electrons. The average molecular weight is 339 g/mol. The van der Waals surface area contributed by atoms with E-state index in [0.717, 1.165) is 18.4 Å². The Labute approximate surface area is 149 Å². The Morgan fingerprint density at radius 3 is 2.68 bits per heavy atom.